The molecule has 0 radical (unpaired) electrons. The van der Waals surface area contributed by atoms with Crippen LogP contribution in [0.1, 0.15) is 15.9 Å². The molecule has 1 heterocycles. The number of carbonyl (C=O) groups excluding carboxylic acids is 2. The number of nitrogens with zero attached hydrogens (tertiary/aromatic N) is 2. The zero-order valence-corrected chi connectivity index (χ0v) is 21.2. The number of nitrogens with one attached hydrogen (secondary N) is 2. The summed E-state index contributed by atoms with van der Waals surface area (Å²) in [7, 11) is 0. The van der Waals surface area contributed by atoms with Crippen LogP contribution in [0.4, 0.5) is 5.69 Å². The Morgan fingerprint density at radius 3 is 2.37 bits per heavy atom. The Labute approximate surface area is 217 Å². The maximum Gasteiger partial charge on any atom is 0.311 e. The van der Waals surface area contributed by atoms with E-state index in [4.69, 9.17) is 0 Å². The monoisotopic (exact) mass is 592 g/mol. The molecule has 0 unspecified atom stereocenters. The number of benzene rings is 3. The quantitative estimate of drug-likeness (QED) is 0.127. The summed E-state index contributed by atoms with van der Waals surface area (Å²) in [6.45, 7) is 0. The van der Waals surface area contributed by atoms with Gasteiger partial charge in [-0.25, -0.2) is 0 Å². The molecule has 0 fully saturated rings. The van der Waals surface area contributed by atoms with E-state index in [1.807, 2.05) is 36.4 Å². The Kier molecular flexibility index (Phi) is 7.69. The number of aromatic amines is 1. The molecule has 7 nitrogen and oxygen atoms in total. The van der Waals surface area contributed by atoms with Gasteiger partial charge in [0, 0.05) is 19.9 Å². The highest BCUT2D eigenvalue weighted by molar-refractivity contribution is 9.11. The molecule has 174 valence electrons. The molecular weight excluding hydrogens is 576 g/mol. The SMILES string of the molecule is O=C(N=Nc1c(O)[nH]c2c(Br)cc(Br)cc12)C(=CC=Cc1ccccc1)NC(=O)c1ccccc1. The number of H-pyrrole nitrogens is 1. The van der Waals surface area contributed by atoms with Crippen LogP contribution in [0.2, 0.25) is 0 Å². The molecule has 9 heteroatoms. The summed E-state index contributed by atoms with van der Waals surface area (Å²) < 4.78 is 1.45. The van der Waals surface area contributed by atoms with E-state index in [1.165, 1.54) is 6.08 Å². The average molecular weight is 594 g/mol. The van der Waals surface area contributed by atoms with Gasteiger partial charge >= 0.3 is 5.91 Å². The van der Waals surface area contributed by atoms with E-state index in [2.05, 4.69) is 52.4 Å². The summed E-state index contributed by atoms with van der Waals surface area (Å²) in [6.07, 6.45) is 4.89. The first-order valence-corrected chi connectivity index (χ1v) is 12.0. The number of azo groups is 1. The van der Waals surface area contributed by atoms with E-state index < -0.39 is 11.8 Å². The summed E-state index contributed by atoms with van der Waals surface area (Å²) in [4.78, 5) is 28.4. The van der Waals surface area contributed by atoms with Crippen molar-refractivity contribution >= 4 is 66.3 Å². The van der Waals surface area contributed by atoms with Crippen LogP contribution in [0, 0.1) is 0 Å². The molecule has 35 heavy (non-hydrogen) atoms. The molecule has 2 amide bonds. The fourth-order valence-electron chi connectivity index (χ4n) is 3.21. The maximum atomic E-state index is 12.9. The summed E-state index contributed by atoms with van der Waals surface area (Å²) in [5.74, 6) is -1.48. The smallest absolute Gasteiger partial charge is 0.311 e. The molecule has 3 N–H and O–H groups in total. The molecule has 0 bridgehead atoms. The largest absolute Gasteiger partial charge is 0.493 e. The van der Waals surface area contributed by atoms with Crippen LogP contribution in [-0.2, 0) is 4.79 Å². The molecule has 0 aliphatic rings. The van der Waals surface area contributed by atoms with Crippen LogP contribution in [0.3, 0.4) is 0 Å². The van der Waals surface area contributed by atoms with Gasteiger partial charge in [-0.3, -0.25) is 9.59 Å². The first-order chi connectivity index (χ1) is 16.9. The van der Waals surface area contributed by atoms with Crippen molar-refractivity contribution in [2.45, 2.75) is 0 Å². The molecule has 3 aromatic carbocycles. The first kappa shape index (κ1) is 24.3. The second-order valence-electron chi connectivity index (χ2n) is 7.31. The fraction of sp³-hybridized carbons (Fsp3) is 0. The number of hydrogen-bond donors (Lipinski definition) is 3. The minimum atomic E-state index is -0.783. The molecule has 0 atom stereocenters. The van der Waals surface area contributed by atoms with E-state index >= 15 is 0 Å². The lowest BCUT2D eigenvalue weighted by Crippen LogP contribution is -2.26. The Balaban J connectivity index is 1.64. The van der Waals surface area contributed by atoms with E-state index in [-0.39, 0.29) is 17.3 Å². The Hall–Kier alpha value is -3.82. The van der Waals surface area contributed by atoms with Crippen LogP contribution >= 0.6 is 31.9 Å². The van der Waals surface area contributed by atoms with Crippen molar-refractivity contribution in [2.75, 3.05) is 0 Å². The molecule has 0 saturated heterocycles. The molecule has 1 aromatic heterocycles. The van der Waals surface area contributed by atoms with Crippen molar-refractivity contribution in [1.29, 1.82) is 0 Å². The lowest BCUT2D eigenvalue weighted by atomic mass is 10.2. The standard InChI is InChI=1S/C26H18Br2N4O3/c27-18-14-19-22(20(28)15-18)30-26(35)23(19)31-32-25(34)21(13-7-10-16-8-3-1-4-9-16)29-24(33)17-11-5-2-6-12-17/h1-15,30,35H,(H,29,33). The lowest BCUT2D eigenvalue weighted by Gasteiger charge is -2.06. The van der Waals surface area contributed by atoms with E-state index in [0.29, 0.717) is 20.9 Å². The summed E-state index contributed by atoms with van der Waals surface area (Å²) in [5.41, 5.74) is 1.94. The topological polar surface area (TPSA) is 107 Å². The number of fused-ring (bicyclic) bond motifs is 1. The minimum absolute atomic E-state index is 0.0727. The Bertz CT molecular complexity index is 1480. The molecule has 0 spiro atoms. The van der Waals surface area contributed by atoms with Crippen LogP contribution in [0.5, 0.6) is 5.88 Å². The van der Waals surface area contributed by atoms with Crippen LogP contribution in [-0.4, -0.2) is 21.9 Å². The number of halogens is 2. The predicted molar refractivity (Wildman–Crippen MR) is 142 cm³/mol. The summed E-state index contributed by atoms with van der Waals surface area (Å²) in [5, 5.41) is 21.2. The van der Waals surface area contributed by atoms with Gasteiger partial charge in [0.25, 0.3) is 5.91 Å². The van der Waals surface area contributed by atoms with Gasteiger partial charge in [-0.05, 0) is 51.8 Å². The fourth-order valence-corrected chi connectivity index (χ4v) is 4.54. The van der Waals surface area contributed by atoms with Gasteiger partial charge in [0.2, 0.25) is 5.88 Å². The van der Waals surface area contributed by atoms with Gasteiger partial charge < -0.3 is 15.4 Å². The zero-order chi connectivity index (χ0) is 24.8. The van der Waals surface area contributed by atoms with Crippen LogP contribution in [0.25, 0.3) is 17.0 Å². The number of allylic oxidation sites excluding steroid dienone is 2. The molecule has 0 saturated carbocycles. The first-order valence-electron chi connectivity index (χ1n) is 10.4. The third-order valence-corrected chi connectivity index (χ3v) is 5.97. The van der Waals surface area contributed by atoms with E-state index in [0.717, 1.165) is 10.0 Å². The van der Waals surface area contributed by atoms with Crippen molar-refractivity contribution in [2.24, 2.45) is 10.2 Å². The number of aromatic hydroxyl groups is 1. The number of amides is 2. The zero-order valence-electron chi connectivity index (χ0n) is 18.1. The van der Waals surface area contributed by atoms with Crippen molar-refractivity contribution in [3.63, 3.8) is 0 Å². The van der Waals surface area contributed by atoms with Gasteiger partial charge in [-0.1, -0.05) is 76.6 Å². The maximum absolute atomic E-state index is 12.9. The Morgan fingerprint density at radius 2 is 1.66 bits per heavy atom. The normalized spacial score (nSPS) is 12.0. The van der Waals surface area contributed by atoms with Crippen molar-refractivity contribution in [3.05, 3.63) is 111 Å². The van der Waals surface area contributed by atoms with Crippen molar-refractivity contribution < 1.29 is 14.7 Å². The van der Waals surface area contributed by atoms with Crippen LogP contribution < -0.4 is 5.32 Å². The van der Waals surface area contributed by atoms with Gasteiger partial charge in [0.1, 0.15) is 5.70 Å². The second kappa shape index (κ2) is 11.1. The third-order valence-electron chi connectivity index (χ3n) is 4.88. The number of hydrogen-bond acceptors (Lipinski definition) is 4. The molecule has 4 aromatic rings. The van der Waals surface area contributed by atoms with Crippen LogP contribution in [0.15, 0.2) is 110 Å². The van der Waals surface area contributed by atoms with E-state index in [9.17, 15) is 14.7 Å². The number of rotatable bonds is 6. The molecule has 0 aliphatic carbocycles. The molecular formula is C26H18Br2N4O3. The summed E-state index contributed by atoms with van der Waals surface area (Å²) in [6, 6.07) is 21.6. The predicted octanol–water partition coefficient (Wildman–Crippen LogP) is 7.04. The minimum Gasteiger partial charge on any atom is -0.493 e. The highest BCUT2D eigenvalue weighted by Gasteiger charge is 2.17. The molecule has 4 rings (SSSR count). The van der Waals surface area contributed by atoms with Crippen molar-refractivity contribution in [1.82, 2.24) is 10.3 Å². The Morgan fingerprint density at radius 1 is 0.971 bits per heavy atom. The summed E-state index contributed by atoms with van der Waals surface area (Å²) >= 11 is 6.82. The van der Waals surface area contributed by atoms with Crippen molar-refractivity contribution in [3.8, 4) is 5.88 Å². The lowest BCUT2D eigenvalue weighted by molar-refractivity contribution is -0.115. The highest BCUT2D eigenvalue weighted by Crippen LogP contribution is 2.40. The number of carbonyl (C=O) groups is 2. The highest BCUT2D eigenvalue weighted by atomic mass is 79.9. The second-order valence-corrected chi connectivity index (χ2v) is 9.08. The van der Waals surface area contributed by atoms with Gasteiger partial charge in [0.05, 0.1) is 5.52 Å². The van der Waals surface area contributed by atoms with Gasteiger partial charge in [-0.15, -0.1) is 10.2 Å². The number of aromatic nitrogens is 1. The molecule has 0 aliphatic heterocycles. The van der Waals surface area contributed by atoms with Gasteiger partial charge in [0.15, 0.2) is 5.69 Å². The van der Waals surface area contributed by atoms with E-state index in [1.54, 1.807) is 48.6 Å². The van der Waals surface area contributed by atoms with Gasteiger partial charge in [-0.2, -0.15) is 0 Å². The third kappa shape index (κ3) is 6.00. The average Bonchev–Trinajstić information content (AvgIpc) is 3.18.